The molecule has 1 aliphatic rings. The molecule has 1 heterocycles. The van der Waals surface area contributed by atoms with E-state index in [1.165, 1.54) is 18.2 Å². The van der Waals surface area contributed by atoms with Gasteiger partial charge in [0.1, 0.15) is 18.1 Å². The Labute approximate surface area is 174 Å². The monoisotopic (exact) mass is 422 g/mol. The van der Waals surface area contributed by atoms with Gasteiger partial charge >= 0.3 is 5.97 Å². The van der Waals surface area contributed by atoms with Crippen molar-refractivity contribution < 1.29 is 33.6 Å². The van der Waals surface area contributed by atoms with Crippen LogP contribution in [0.3, 0.4) is 0 Å². The molecule has 1 unspecified atom stereocenters. The zero-order chi connectivity index (χ0) is 20.6. The standard InChI is InChI=1S/C21H23ClO7/c1-25-15-6-7-16(22)18(13-15)29-17-8-5-14(21(23)24)12-19(17)26-10-11-28-20-4-2-3-9-27-20/h5-8,12-13,20H,2-4,9-11H2,1H3,(H,23,24). The van der Waals surface area contributed by atoms with Crippen LogP contribution in [0.4, 0.5) is 0 Å². The fourth-order valence-corrected chi connectivity index (χ4v) is 2.98. The highest BCUT2D eigenvalue weighted by Gasteiger charge is 2.16. The van der Waals surface area contributed by atoms with Gasteiger partial charge in [0, 0.05) is 12.7 Å². The van der Waals surface area contributed by atoms with E-state index in [1.807, 2.05) is 0 Å². The Hall–Kier alpha value is -2.48. The van der Waals surface area contributed by atoms with Crippen molar-refractivity contribution in [2.45, 2.75) is 25.6 Å². The minimum Gasteiger partial charge on any atom is -0.497 e. The Morgan fingerprint density at radius 2 is 2.00 bits per heavy atom. The molecule has 1 aliphatic heterocycles. The molecular formula is C21H23ClO7. The van der Waals surface area contributed by atoms with Crippen molar-refractivity contribution in [2.24, 2.45) is 0 Å². The number of rotatable bonds is 9. The quantitative estimate of drug-likeness (QED) is 0.583. The Balaban J connectivity index is 1.70. The van der Waals surface area contributed by atoms with Gasteiger partial charge in [-0.2, -0.15) is 0 Å². The van der Waals surface area contributed by atoms with Crippen LogP contribution in [0.2, 0.25) is 5.02 Å². The molecule has 0 saturated carbocycles. The zero-order valence-corrected chi connectivity index (χ0v) is 16.8. The second-order valence-corrected chi connectivity index (χ2v) is 6.79. The van der Waals surface area contributed by atoms with Gasteiger partial charge in [-0.25, -0.2) is 4.79 Å². The number of halogens is 1. The summed E-state index contributed by atoms with van der Waals surface area (Å²) in [5.74, 6) is 0.490. The molecule has 0 radical (unpaired) electrons. The van der Waals surface area contributed by atoms with E-state index in [-0.39, 0.29) is 24.2 Å². The van der Waals surface area contributed by atoms with E-state index in [2.05, 4.69) is 0 Å². The average molecular weight is 423 g/mol. The van der Waals surface area contributed by atoms with Crippen molar-refractivity contribution in [3.05, 3.63) is 47.0 Å². The average Bonchev–Trinajstić information content (AvgIpc) is 2.74. The Kier molecular flexibility index (Phi) is 7.57. The summed E-state index contributed by atoms with van der Waals surface area (Å²) < 4.78 is 28.0. The zero-order valence-electron chi connectivity index (χ0n) is 16.1. The van der Waals surface area contributed by atoms with Crippen LogP contribution in [0, 0.1) is 0 Å². The third kappa shape index (κ3) is 6.00. The Morgan fingerprint density at radius 1 is 1.14 bits per heavy atom. The van der Waals surface area contributed by atoms with E-state index in [9.17, 15) is 9.90 Å². The highest BCUT2D eigenvalue weighted by molar-refractivity contribution is 6.32. The molecule has 0 aromatic heterocycles. The SMILES string of the molecule is COc1ccc(Cl)c(Oc2ccc(C(=O)O)cc2OCCOC2CCCCO2)c1. The molecule has 0 aliphatic carbocycles. The van der Waals surface area contributed by atoms with E-state index in [0.29, 0.717) is 35.5 Å². The number of methoxy groups -OCH3 is 1. The third-order valence-corrected chi connectivity index (χ3v) is 4.64. The molecule has 156 valence electrons. The lowest BCUT2D eigenvalue weighted by atomic mass is 10.2. The van der Waals surface area contributed by atoms with Crippen LogP contribution in [-0.4, -0.2) is 44.3 Å². The number of carbonyl (C=O) groups is 1. The van der Waals surface area contributed by atoms with E-state index in [4.69, 9.17) is 35.3 Å². The molecule has 3 rings (SSSR count). The van der Waals surface area contributed by atoms with E-state index in [1.54, 1.807) is 25.3 Å². The smallest absolute Gasteiger partial charge is 0.335 e. The van der Waals surface area contributed by atoms with Crippen molar-refractivity contribution in [1.82, 2.24) is 0 Å². The molecule has 1 fully saturated rings. The lowest BCUT2D eigenvalue weighted by Crippen LogP contribution is -2.24. The Morgan fingerprint density at radius 3 is 2.72 bits per heavy atom. The number of benzene rings is 2. The van der Waals surface area contributed by atoms with E-state index in [0.717, 1.165) is 19.3 Å². The molecule has 8 heteroatoms. The van der Waals surface area contributed by atoms with E-state index >= 15 is 0 Å². The van der Waals surface area contributed by atoms with Gasteiger partial charge < -0.3 is 28.8 Å². The first-order chi connectivity index (χ1) is 14.1. The molecular weight excluding hydrogens is 400 g/mol. The van der Waals surface area contributed by atoms with Gasteiger partial charge in [0.15, 0.2) is 17.8 Å². The Bertz CT molecular complexity index is 834. The topological polar surface area (TPSA) is 83.5 Å². The minimum absolute atomic E-state index is 0.0839. The summed E-state index contributed by atoms with van der Waals surface area (Å²) in [6.45, 7) is 1.22. The van der Waals surface area contributed by atoms with Crippen LogP contribution in [0.25, 0.3) is 0 Å². The van der Waals surface area contributed by atoms with Gasteiger partial charge in [0.2, 0.25) is 0 Å². The second kappa shape index (κ2) is 10.3. The fraction of sp³-hybridized carbons (Fsp3) is 0.381. The summed E-state index contributed by atoms with van der Waals surface area (Å²) in [6.07, 6.45) is 2.76. The second-order valence-electron chi connectivity index (χ2n) is 6.38. The molecule has 0 amide bonds. The number of aromatic carboxylic acids is 1. The summed E-state index contributed by atoms with van der Waals surface area (Å²) in [5, 5.41) is 9.65. The minimum atomic E-state index is -1.06. The number of carboxylic acids is 1. The van der Waals surface area contributed by atoms with Crippen molar-refractivity contribution in [2.75, 3.05) is 26.9 Å². The fourth-order valence-electron chi connectivity index (χ4n) is 2.82. The number of carboxylic acid groups (broad SMARTS) is 1. The first-order valence-corrected chi connectivity index (χ1v) is 9.69. The van der Waals surface area contributed by atoms with Crippen molar-refractivity contribution in [3.8, 4) is 23.0 Å². The van der Waals surface area contributed by atoms with Gasteiger partial charge in [-0.3, -0.25) is 0 Å². The summed E-state index contributed by atoms with van der Waals surface area (Å²) in [4.78, 5) is 11.3. The maximum atomic E-state index is 11.3. The summed E-state index contributed by atoms with van der Waals surface area (Å²) in [6, 6.07) is 9.37. The molecule has 29 heavy (non-hydrogen) atoms. The molecule has 0 spiro atoms. The number of hydrogen-bond acceptors (Lipinski definition) is 6. The lowest BCUT2D eigenvalue weighted by Gasteiger charge is -2.22. The molecule has 2 aromatic carbocycles. The van der Waals surface area contributed by atoms with Gasteiger partial charge in [0.25, 0.3) is 0 Å². The third-order valence-electron chi connectivity index (χ3n) is 4.33. The van der Waals surface area contributed by atoms with Crippen molar-refractivity contribution >= 4 is 17.6 Å². The van der Waals surface area contributed by atoms with Crippen LogP contribution >= 0.6 is 11.6 Å². The maximum absolute atomic E-state index is 11.3. The summed E-state index contributed by atoms with van der Waals surface area (Å²) in [7, 11) is 1.54. The molecule has 7 nitrogen and oxygen atoms in total. The molecule has 0 bridgehead atoms. The molecule has 2 aromatic rings. The van der Waals surface area contributed by atoms with Gasteiger partial charge in [-0.05, 0) is 49.6 Å². The molecule has 1 N–H and O–H groups in total. The van der Waals surface area contributed by atoms with Crippen molar-refractivity contribution in [3.63, 3.8) is 0 Å². The van der Waals surface area contributed by atoms with Crippen LogP contribution < -0.4 is 14.2 Å². The van der Waals surface area contributed by atoms with Crippen LogP contribution in [0.15, 0.2) is 36.4 Å². The highest BCUT2D eigenvalue weighted by Crippen LogP contribution is 2.37. The predicted octanol–water partition coefficient (Wildman–Crippen LogP) is 4.76. The van der Waals surface area contributed by atoms with Gasteiger partial charge in [-0.15, -0.1) is 0 Å². The number of hydrogen-bond donors (Lipinski definition) is 1. The number of ether oxygens (including phenoxy) is 5. The predicted molar refractivity (Wildman–Crippen MR) is 107 cm³/mol. The lowest BCUT2D eigenvalue weighted by molar-refractivity contribution is -0.165. The first kappa shape index (κ1) is 21.2. The van der Waals surface area contributed by atoms with Crippen LogP contribution in [0.1, 0.15) is 29.6 Å². The van der Waals surface area contributed by atoms with Crippen LogP contribution in [0.5, 0.6) is 23.0 Å². The highest BCUT2D eigenvalue weighted by atomic mass is 35.5. The maximum Gasteiger partial charge on any atom is 0.335 e. The van der Waals surface area contributed by atoms with Crippen LogP contribution in [-0.2, 0) is 9.47 Å². The normalized spacial score (nSPS) is 16.3. The molecule has 1 atom stereocenters. The van der Waals surface area contributed by atoms with E-state index < -0.39 is 5.97 Å². The van der Waals surface area contributed by atoms with Crippen molar-refractivity contribution in [1.29, 1.82) is 0 Å². The van der Waals surface area contributed by atoms with Gasteiger partial charge in [0.05, 0.1) is 24.3 Å². The summed E-state index contributed by atoms with van der Waals surface area (Å²) in [5.41, 5.74) is 0.0839. The largest absolute Gasteiger partial charge is 0.497 e. The molecule has 1 saturated heterocycles. The van der Waals surface area contributed by atoms with Gasteiger partial charge in [-0.1, -0.05) is 11.6 Å². The summed E-state index contributed by atoms with van der Waals surface area (Å²) >= 11 is 6.20. The first-order valence-electron chi connectivity index (χ1n) is 9.31.